The number of nitrogens with zero attached hydrogens (tertiary/aromatic N) is 1. The van der Waals surface area contributed by atoms with E-state index in [1.165, 1.54) is 0 Å². The molecule has 2 rings (SSSR count). The van der Waals surface area contributed by atoms with Gasteiger partial charge >= 0.3 is 6.18 Å². The average molecular weight is 286 g/mol. The molecule has 2 aliphatic heterocycles. The van der Waals surface area contributed by atoms with Gasteiger partial charge in [0, 0.05) is 13.1 Å². The number of hydrogen-bond donors (Lipinski definition) is 1. The first-order valence-corrected chi connectivity index (χ1v) is 7.59. The largest absolute Gasteiger partial charge is 0.404 e. The first-order chi connectivity index (χ1) is 8.23. The second kappa shape index (κ2) is 4.64. The van der Waals surface area contributed by atoms with Crippen molar-refractivity contribution in [2.75, 3.05) is 31.9 Å². The Bertz CT molecular complexity index is 402. The Balaban J connectivity index is 2.04. The predicted molar refractivity (Wildman–Crippen MR) is 60.6 cm³/mol. The fraction of sp³-hybridized carbons (Fsp3) is 1.00. The Morgan fingerprint density at radius 2 is 1.78 bits per heavy atom. The van der Waals surface area contributed by atoms with E-state index < -0.39 is 22.0 Å². The van der Waals surface area contributed by atoms with Crippen molar-refractivity contribution in [2.45, 2.75) is 25.4 Å². The van der Waals surface area contributed by atoms with Crippen molar-refractivity contribution in [2.24, 2.45) is 5.41 Å². The lowest BCUT2D eigenvalue weighted by Crippen LogP contribution is -2.41. The van der Waals surface area contributed by atoms with Gasteiger partial charge in [0.25, 0.3) is 0 Å². The van der Waals surface area contributed by atoms with Crippen LogP contribution in [0.25, 0.3) is 0 Å². The van der Waals surface area contributed by atoms with Crippen molar-refractivity contribution in [3.63, 3.8) is 0 Å². The summed E-state index contributed by atoms with van der Waals surface area (Å²) in [7, 11) is -4.21. The highest BCUT2D eigenvalue weighted by atomic mass is 32.2. The maximum absolute atomic E-state index is 12.2. The highest BCUT2D eigenvalue weighted by Crippen LogP contribution is 2.40. The molecule has 0 amide bonds. The predicted octanol–water partition coefficient (Wildman–Crippen LogP) is 0.954. The molecule has 4 nitrogen and oxygen atoms in total. The van der Waals surface area contributed by atoms with Gasteiger partial charge in [-0.1, -0.05) is 0 Å². The summed E-state index contributed by atoms with van der Waals surface area (Å²) in [5.41, 5.74) is -0.107. The first kappa shape index (κ1) is 14.1. The third-order valence-corrected chi connectivity index (χ3v) is 5.60. The molecule has 0 unspecified atom stereocenters. The van der Waals surface area contributed by atoms with E-state index in [4.69, 9.17) is 0 Å². The molecular formula is C10H17F3N2O2S. The number of sulfonamides is 1. The van der Waals surface area contributed by atoms with Gasteiger partial charge in [-0.15, -0.1) is 0 Å². The summed E-state index contributed by atoms with van der Waals surface area (Å²) in [6, 6.07) is 0. The van der Waals surface area contributed by atoms with Crippen molar-refractivity contribution in [3.8, 4) is 0 Å². The molecule has 0 radical (unpaired) electrons. The highest BCUT2D eigenvalue weighted by molar-refractivity contribution is 7.89. The minimum atomic E-state index is -4.66. The van der Waals surface area contributed by atoms with Crippen LogP contribution in [0.2, 0.25) is 0 Å². The minimum Gasteiger partial charge on any atom is -0.317 e. The number of piperidine rings is 1. The van der Waals surface area contributed by atoms with Crippen LogP contribution in [-0.2, 0) is 10.0 Å². The fourth-order valence-electron chi connectivity index (χ4n) is 2.79. The van der Waals surface area contributed by atoms with Gasteiger partial charge in [-0.05, 0) is 37.8 Å². The third-order valence-electron chi connectivity index (χ3n) is 3.81. The number of alkyl halides is 3. The molecule has 106 valence electrons. The van der Waals surface area contributed by atoms with Crippen LogP contribution in [0.15, 0.2) is 0 Å². The van der Waals surface area contributed by atoms with Crippen molar-refractivity contribution < 1.29 is 21.6 Å². The number of halogens is 3. The molecule has 0 atom stereocenters. The van der Waals surface area contributed by atoms with Gasteiger partial charge in [-0.2, -0.15) is 13.2 Å². The summed E-state index contributed by atoms with van der Waals surface area (Å²) in [5.74, 6) is -1.74. The molecule has 0 saturated carbocycles. The van der Waals surface area contributed by atoms with Crippen molar-refractivity contribution >= 4 is 10.0 Å². The van der Waals surface area contributed by atoms with Crippen LogP contribution < -0.4 is 5.32 Å². The molecular weight excluding hydrogens is 269 g/mol. The van der Waals surface area contributed by atoms with E-state index in [0.29, 0.717) is 6.42 Å². The molecule has 18 heavy (non-hydrogen) atoms. The zero-order valence-electron chi connectivity index (χ0n) is 9.96. The first-order valence-electron chi connectivity index (χ1n) is 5.98. The SMILES string of the molecule is O=S(=O)(CC(F)(F)F)N1CCC2(CCNCC2)C1. The molecule has 1 spiro atoms. The molecule has 2 saturated heterocycles. The van der Waals surface area contributed by atoms with Crippen LogP contribution in [0.5, 0.6) is 0 Å². The molecule has 2 heterocycles. The maximum atomic E-state index is 12.2. The van der Waals surface area contributed by atoms with Crippen LogP contribution in [0.3, 0.4) is 0 Å². The number of nitrogens with one attached hydrogen (secondary N) is 1. The second-order valence-corrected chi connectivity index (χ2v) is 7.17. The highest BCUT2D eigenvalue weighted by Gasteiger charge is 2.46. The summed E-state index contributed by atoms with van der Waals surface area (Å²) < 4.78 is 61.0. The van der Waals surface area contributed by atoms with Crippen molar-refractivity contribution in [1.29, 1.82) is 0 Å². The normalized spacial score (nSPS) is 25.7. The van der Waals surface area contributed by atoms with Crippen LogP contribution in [0, 0.1) is 5.41 Å². The lowest BCUT2D eigenvalue weighted by atomic mass is 9.78. The van der Waals surface area contributed by atoms with Crippen molar-refractivity contribution in [1.82, 2.24) is 9.62 Å². The molecule has 1 N–H and O–H groups in total. The van der Waals surface area contributed by atoms with E-state index in [0.717, 1.165) is 30.2 Å². The summed E-state index contributed by atoms with van der Waals surface area (Å²) in [4.78, 5) is 0. The maximum Gasteiger partial charge on any atom is 0.404 e. The summed E-state index contributed by atoms with van der Waals surface area (Å²) in [6.07, 6.45) is -2.31. The van der Waals surface area contributed by atoms with E-state index in [-0.39, 0.29) is 18.5 Å². The van der Waals surface area contributed by atoms with Gasteiger partial charge in [-0.3, -0.25) is 0 Å². The summed E-state index contributed by atoms with van der Waals surface area (Å²) in [5, 5.41) is 3.18. The lowest BCUT2D eigenvalue weighted by Gasteiger charge is -2.33. The molecule has 0 aromatic rings. The van der Waals surface area contributed by atoms with Gasteiger partial charge in [0.05, 0.1) is 0 Å². The molecule has 0 aromatic carbocycles. The molecule has 0 aliphatic carbocycles. The summed E-state index contributed by atoms with van der Waals surface area (Å²) >= 11 is 0. The monoisotopic (exact) mass is 286 g/mol. The molecule has 0 bridgehead atoms. The summed E-state index contributed by atoms with van der Waals surface area (Å²) in [6.45, 7) is 2.09. The Hall–Kier alpha value is -0.340. The van der Waals surface area contributed by atoms with Gasteiger partial charge in [0.1, 0.15) is 0 Å². The van der Waals surface area contributed by atoms with Crippen LogP contribution in [0.1, 0.15) is 19.3 Å². The Morgan fingerprint density at radius 1 is 1.17 bits per heavy atom. The van der Waals surface area contributed by atoms with Gasteiger partial charge < -0.3 is 5.32 Å². The lowest BCUT2D eigenvalue weighted by molar-refractivity contribution is -0.107. The van der Waals surface area contributed by atoms with Crippen LogP contribution >= 0.6 is 0 Å². The van der Waals surface area contributed by atoms with Crippen molar-refractivity contribution in [3.05, 3.63) is 0 Å². The van der Waals surface area contributed by atoms with E-state index in [1.54, 1.807) is 0 Å². The van der Waals surface area contributed by atoms with Crippen LogP contribution in [0.4, 0.5) is 13.2 Å². The van der Waals surface area contributed by atoms with Gasteiger partial charge in [0.15, 0.2) is 5.75 Å². The average Bonchev–Trinajstić information content (AvgIpc) is 2.60. The Labute approximate surface area is 105 Å². The van der Waals surface area contributed by atoms with E-state index in [9.17, 15) is 21.6 Å². The van der Waals surface area contributed by atoms with E-state index in [1.807, 2.05) is 0 Å². The molecule has 2 fully saturated rings. The zero-order valence-corrected chi connectivity index (χ0v) is 10.8. The van der Waals surface area contributed by atoms with Gasteiger partial charge in [-0.25, -0.2) is 12.7 Å². The fourth-order valence-corrected chi connectivity index (χ4v) is 4.23. The van der Waals surface area contributed by atoms with E-state index in [2.05, 4.69) is 5.32 Å². The Kier molecular flexibility index (Phi) is 3.63. The topological polar surface area (TPSA) is 49.4 Å². The minimum absolute atomic E-state index is 0.107. The molecule has 2 aliphatic rings. The van der Waals surface area contributed by atoms with Gasteiger partial charge in [0.2, 0.25) is 10.0 Å². The zero-order chi connectivity index (χ0) is 13.4. The second-order valence-electron chi connectivity index (χ2n) is 5.20. The standard InChI is InChI=1S/C10H17F3N2O2S/c11-10(12,13)8-18(16,17)15-6-3-9(7-15)1-4-14-5-2-9/h14H,1-8H2. The number of rotatable bonds is 2. The third kappa shape index (κ3) is 3.16. The Morgan fingerprint density at radius 3 is 2.33 bits per heavy atom. The number of hydrogen-bond acceptors (Lipinski definition) is 3. The molecule has 0 aromatic heterocycles. The van der Waals surface area contributed by atoms with Crippen LogP contribution in [-0.4, -0.2) is 50.8 Å². The quantitative estimate of drug-likeness (QED) is 0.822. The molecule has 8 heteroatoms. The van der Waals surface area contributed by atoms with E-state index >= 15 is 0 Å². The smallest absolute Gasteiger partial charge is 0.317 e.